The van der Waals surface area contributed by atoms with Crippen LogP contribution in [0.3, 0.4) is 0 Å². The summed E-state index contributed by atoms with van der Waals surface area (Å²) in [6, 6.07) is 0.401. The van der Waals surface area contributed by atoms with Gasteiger partial charge in [-0.1, -0.05) is 18.6 Å². The van der Waals surface area contributed by atoms with Gasteiger partial charge in [0.2, 0.25) is 17.7 Å². The van der Waals surface area contributed by atoms with Gasteiger partial charge in [-0.05, 0) is 12.8 Å². The van der Waals surface area contributed by atoms with Gasteiger partial charge in [-0.15, -0.1) is 0 Å². The van der Waals surface area contributed by atoms with Gasteiger partial charge in [0.1, 0.15) is 10.9 Å². The van der Waals surface area contributed by atoms with Crippen molar-refractivity contribution in [2.24, 2.45) is 5.92 Å². The van der Waals surface area contributed by atoms with Crippen molar-refractivity contribution in [3.8, 4) is 0 Å². The Balaban J connectivity index is 0.896. The normalized spacial score (nSPS) is 39.1. The second kappa shape index (κ2) is 9.52. The van der Waals surface area contributed by atoms with Crippen molar-refractivity contribution < 1.29 is 23.9 Å². The molecule has 5 amide bonds. The first kappa shape index (κ1) is 24.6. The molecule has 7 atom stereocenters. The van der Waals surface area contributed by atoms with Gasteiger partial charge >= 0.3 is 6.03 Å². The van der Waals surface area contributed by atoms with Crippen LogP contribution in [0.4, 0.5) is 4.79 Å². The molecule has 5 fully saturated rings. The monoisotopic (exact) mass is 535 g/mol. The van der Waals surface area contributed by atoms with Crippen LogP contribution in [0, 0.1) is 5.92 Å². The summed E-state index contributed by atoms with van der Waals surface area (Å²) in [4.78, 5) is 55.7. The third kappa shape index (κ3) is 4.04. The quantitative estimate of drug-likeness (QED) is 0.130. The molecular weight excluding hydrogens is 502 g/mol. The van der Waals surface area contributed by atoms with E-state index in [2.05, 4.69) is 28.2 Å². The van der Waals surface area contributed by atoms with Crippen LogP contribution in [0.5, 0.6) is 0 Å². The maximum absolute atomic E-state index is 13.0. The summed E-state index contributed by atoms with van der Waals surface area (Å²) in [6.07, 6.45) is 6.34. The van der Waals surface area contributed by atoms with E-state index >= 15 is 0 Å². The van der Waals surface area contributed by atoms with E-state index < -0.39 is 16.8 Å². The lowest BCUT2D eigenvalue weighted by atomic mass is 9.84. The largest absolute Gasteiger partial charge is 0.364 e. The lowest BCUT2D eigenvalue weighted by molar-refractivity contribution is -0.142. The molecule has 6 aliphatic heterocycles. The first-order chi connectivity index (χ1) is 17.4. The Labute approximate surface area is 220 Å². The number of carbonyl (C=O) groups is 4. The Morgan fingerprint density at radius 3 is 2.69 bits per heavy atom. The number of likely N-dealkylation sites (tertiary alicyclic amines) is 1. The summed E-state index contributed by atoms with van der Waals surface area (Å²) in [7, 11) is 0. The molecule has 196 valence electrons. The zero-order valence-electron chi connectivity index (χ0n) is 20.1. The molecular formula is C24H33N5O5S2. The molecule has 0 aromatic carbocycles. The van der Waals surface area contributed by atoms with E-state index in [1.54, 1.807) is 0 Å². The molecule has 0 radical (unpaired) electrons. The fraction of sp³-hybridized carbons (Fsp3) is 0.750. The number of piperazine rings is 1. The van der Waals surface area contributed by atoms with Gasteiger partial charge < -0.3 is 20.3 Å². The molecule has 0 aromatic heterocycles. The van der Waals surface area contributed by atoms with Crippen LogP contribution in [0.2, 0.25) is 0 Å². The number of thioether (sulfide) groups is 1. The fourth-order valence-corrected chi connectivity index (χ4v) is 8.57. The van der Waals surface area contributed by atoms with Gasteiger partial charge in [0.15, 0.2) is 0 Å². The summed E-state index contributed by atoms with van der Waals surface area (Å²) in [5.74, 6) is 0.198. The summed E-state index contributed by atoms with van der Waals surface area (Å²) < 4.78 is 4.65. The molecule has 0 aliphatic carbocycles. The van der Waals surface area contributed by atoms with Crippen molar-refractivity contribution in [3.63, 3.8) is 0 Å². The lowest BCUT2D eigenvalue weighted by Gasteiger charge is -2.35. The van der Waals surface area contributed by atoms with Gasteiger partial charge in [0.05, 0.1) is 24.1 Å². The molecule has 10 nitrogen and oxygen atoms in total. The molecule has 0 aromatic rings. The Bertz CT molecular complexity index is 988. The minimum atomic E-state index is -1.07. The van der Waals surface area contributed by atoms with Crippen molar-refractivity contribution in [3.05, 3.63) is 12.2 Å². The highest BCUT2D eigenvalue weighted by Crippen LogP contribution is 2.51. The minimum Gasteiger partial charge on any atom is -0.364 e. The number of rotatable bonds is 8. The highest BCUT2D eigenvalue weighted by molar-refractivity contribution is 8.00. The standard InChI is InChI=1S/C24H33N5O5S2/c30-18(4-2-1-3-16-20-14(13-36-16)25-23(33)26-20)28-10-7-27(8-11-28)9-12-29-21(31)19-15-5-6-17(34-15)24(19,35)22(29)32/h5-6,14-17,19-20,35H,1-4,7-13H2,(H2,25,26,33)/t14-,15?,16?,17?,19?,20-,24-/m1/s1. The third-order valence-electron chi connectivity index (χ3n) is 8.57. The number of unbranched alkanes of at least 4 members (excludes halogenated alkanes) is 1. The van der Waals surface area contributed by atoms with Crippen LogP contribution >= 0.6 is 24.4 Å². The maximum atomic E-state index is 13.0. The number of nitrogens with one attached hydrogen (secondary N) is 2. The molecule has 4 unspecified atom stereocenters. The van der Waals surface area contributed by atoms with Crippen LogP contribution in [0.25, 0.3) is 0 Å². The molecule has 6 aliphatic rings. The zero-order valence-corrected chi connectivity index (χ0v) is 21.8. The third-order valence-corrected chi connectivity index (χ3v) is 10.8. The maximum Gasteiger partial charge on any atom is 0.315 e. The highest BCUT2D eigenvalue weighted by atomic mass is 32.2. The Hall–Kier alpha value is -1.76. The molecule has 2 bridgehead atoms. The minimum absolute atomic E-state index is 0.0600. The van der Waals surface area contributed by atoms with E-state index in [0.29, 0.717) is 37.8 Å². The number of fused-ring (bicyclic) bond motifs is 6. The predicted molar refractivity (Wildman–Crippen MR) is 137 cm³/mol. The number of carbonyl (C=O) groups excluding carboxylic acids is 4. The number of hydrogen-bond acceptors (Lipinski definition) is 8. The Morgan fingerprint density at radius 1 is 1.11 bits per heavy atom. The van der Waals surface area contributed by atoms with Crippen molar-refractivity contribution >= 4 is 48.1 Å². The molecule has 12 heteroatoms. The van der Waals surface area contributed by atoms with Gasteiger partial charge in [0, 0.05) is 56.7 Å². The molecule has 6 rings (SSSR count). The average Bonchev–Trinajstić information content (AvgIpc) is 3.65. The van der Waals surface area contributed by atoms with Crippen LogP contribution in [-0.2, 0) is 19.1 Å². The topological polar surface area (TPSA) is 111 Å². The van der Waals surface area contributed by atoms with Gasteiger partial charge in [-0.2, -0.15) is 24.4 Å². The summed E-state index contributed by atoms with van der Waals surface area (Å²) in [5.41, 5.74) is 0. The van der Waals surface area contributed by atoms with E-state index in [-0.39, 0.29) is 41.9 Å². The van der Waals surface area contributed by atoms with Gasteiger partial charge in [-0.25, -0.2) is 4.79 Å². The lowest BCUT2D eigenvalue weighted by Crippen LogP contribution is -2.51. The fourth-order valence-electron chi connectivity index (χ4n) is 6.50. The number of imide groups is 1. The molecule has 0 spiro atoms. The van der Waals surface area contributed by atoms with Gasteiger partial charge in [0.25, 0.3) is 0 Å². The number of urea groups is 1. The van der Waals surface area contributed by atoms with E-state index in [1.165, 1.54) is 4.90 Å². The average molecular weight is 536 g/mol. The van der Waals surface area contributed by atoms with E-state index in [1.807, 2.05) is 28.8 Å². The summed E-state index contributed by atoms with van der Waals surface area (Å²) >= 11 is 6.53. The van der Waals surface area contributed by atoms with Crippen LogP contribution in [0.1, 0.15) is 25.7 Å². The number of hydrogen-bond donors (Lipinski definition) is 3. The number of amides is 5. The zero-order chi connectivity index (χ0) is 25.0. The number of ether oxygens (including phenoxy) is 1. The smallest absolute Gasteiger partial charge is 0.315 e. The number of nitrogens with zero attached hydrogens (tertiary/aromatic N) is 3. The van der Waals surface area contributed by atoms with E-state index in [9.17, 15) is 19.2 Å². The van der Waals surface area contributed by atoms with Crippen LogP contribution < -0.4 is 10.6 Å². The first-order valence-electron chi connectivity index (χ1n) is 13.0. The second-order valence-corrected chi connectivity index (χ2v) is 12.6. The Kier molecular flexibility index (Phi) is 6.50. The summed E-state index contributed by atoms with van der Waals surface area (Å²) in [5, 5.41) is 6.41. The van der Waals surface area contributed by atoms with Crippen molar-refractivity contribution in [1.82, 2.24) is 25.3 Å². The van der Waals surface area contributed by atoms with Crippen LogP contribution in [0.15, 0.2) is 12.2 Å². The van der Waals surface area contributed by atoms with E-state index in [4.69, 9.17) is 4.74 Å². The van der Waals surface area contributed by atoms with Crippen molar-refractivity contribution in [2.75, 3.05) is 45.0 Å². The van der Waals surface area contributed by atoms with Gasteiger partial charge in [-0.3, -0.25) is 24.2 Å². The summed E-state index contributed by atoms with van der Waals surface area (Å²) in [6.45, 7) is 3.76. The second-order valence-electron chi connectivity index (χ2n) is 10.6. The Morgan fingerprint density at radius 2 is 1.92 bits per heavy atom. The molecule has 36 heavy (non-hydrogen) atoms. The molecule has 5 saturated heterocycles. The predicted octanol–water partition coefficient (Wildman–Crippen LogP) is -0.153. The van der Waals surface area contributed by atoms with Crippen LogP contribution in [-0.4, -0.2) is 118 Å². The van der Waals surface area contributed by atoms with Crippen molar-refractivity contribution in [2.45, 2.75) is 60.0 Å². The molecule has 0 saturated carbocycles. The molecule has 2 N–H and O–H groups in total. The van der Waals surface area contributed by atoms with E-state index in [0.717, 1.165) is 38.1 Å². The molecule has 6 heterocycles. The first-order valence-corrected chi connectivity index (χ1v) is 14.5. The number of thiol groups is 1. The highest BCUT2D eigenvalue weighted by Gasteiger charge is 2.69. The van der Waals surface area contributed by atoms with Crippen molar-refractivity contribution in [1.29, 1.82) is 0 Å². The SMILES string of the molecule is O=C1N[C@@H]2CSC(CCCCC(=O)N3CCN(CCN4C(=O)C5C6C=CC(O6)[C@]5(S)C4=O)CC3)[C@@H]2N1.